The van der Waals surface area contributed by atoms with Crippen LogP contribution in [0.2, 0.25) is 5.02 Å². The molecule has 88 valence electrons. The Morgan fingerprint density at radius 3 is 3.00 bits per heavy atom. The molecule has 0 aromatic carbocycles. The summed E-state index contributed by atoms with van der Waals surface area (Å²) in [4.78, 5) is 7.89. The Morgan fingerprint density at radius 2 is 2.31 bits per heavy atom. The fourth-order valence-corrected chi connectivity index (χ4v) is 2.11. The first-order chi connectivity index (χ1) is 7.70. The van der Waals surface area contributed by atoms with Crippen LogP contribution in [-0.2, 0) is 4.74 Å². The van der Waals surface area contributed by atoms with Crippen molar-refractivity contribution in [3.63, 3.8) is 0 Å². The number of nitrogens with zero attached hydrogens (tertiary/aromatic N) is 2. The predicted molar refractivity (Wildman–Crippen MR) is 63.5 cm³/mol. The zero-order chi connectivity index (χ0) is 11.5. The Balaban J connectivity index is 2.02. The highest BCUT2D eigenvalue weighted by Crippen LogP contribution is 2.28. The smallest absolute Gasteiger partial charge is 0.150 e. The third-order valence-electron chi connectivity index (χ3n) is 2.88. The molecule has 0 bridgehead atoms. The summed E-state index contributed by atoms with van der Waals surface area (Å²) in [6.07, 6.45) is 4.82. The van der Waals surface area contributed by atoms with Gasteiger partial charge in [0.1, 0.15) is 17.2 Å². The molecular formula is C10H15ClN4O. The van der Waals surface area contributed by atoms with Gasteiger partial charge in [-0.15, -0.1) is 0 Å². The molecule has 1 heterocycles. The number of nitrogens with two attached hydrogens (primary N) is 1. The van der Waals surface area contributed by atoms with Crippen molar-refractivity contribution in [2.24, 2.45) is 0 Å². The van der Waals surface area contributed by atoms with Gasteiger partial charge >= 0.3 is 0 Å². The summed E-state index contributed by atoms with van der Waals surface area (Å²) in [5, 5.41) is 3.66. The first-order valence-corrected chi connectivity index (χ1v) is 5.63. The van der Waals surface area contributed by atoms with Crippen LogP contribution in [-0.4, -0.2) is 29.2 Å². The van der Waals surface area contributed by atoms with E-state index < -0.39 is 0 Å². The molecule has 0 aliphatic heterocycles. The highest BCUT2D eigenvalue weighted by atomic mass is 35.5. The van der Waals surface area contributed by atoms with Crippen molar-refractivity contribution in [1.82, 2.24) is 9.97 Å². The van der Waals surface area contributed by atoms with Crippen LogP contribution in [0.15, 0.2) is 6.33 Å². The van der Waals surface area contributed by atoms with E-state index in [1.165, 1.54) is 6.33 Å². The zero-order valence-electron chi connectivity index (χ0n) is 9.11. The van der Waals surface area contributed by atoms with Crippen LogP contribution in [0.1, 0.15) is 19.3 Å². The molecule has 1 fully saturated rings. The lowest BCUT2D eigenvalue weighted by atomic mass is 10.2. The lowest BCUT2D eigenvalue weighted by molar-refractivity contribution is 0.108. The topological polar surface area (TPSA) is 73.1 Å². The number of methoxy groups -OCH3 is 1. The Morgan fingerprint density at radius 1 is 1.50 bits per heavy atom. The van der Waals surface area contributed by atoms with Crippen molar-refractivity contribution in [3.05, 3.63) is 11.3 Å². The van der Waals surface area contributed by atoms with Crippen molar-refractivity contribution in [2.75, 3.05) is 18.2 Å². The summed E-state index contributed by atoms with van der Waals surface area (Å²) in [7, 11) is 1.74. The minimum Gasteiger partial charge on any atom is -0.382 e. The third kappa shape index (κ3) is 2.36. The largest absolute Gasteiger partial charge is 0.382 e. The van der Waals surface area contributed by atoms with Gasteiger partial charge in [0.2, 0.25) is 0 Å². The van der Waals surface area contributed by atoms with Crippen molar-refractivity contribution < 1.29 is 4.74 Å². The molecule has 0 unspecified atom stereocenters. The van der Waals surface area contributed by atoms with E-state index in [1.54, 1.807) is 7.11 Å². The van der Waals surface area contributed by atoms with Crippen molar-refractivity contribution in [1.29, 1.82) is 0 Å². The number of nitrogen functional groups attached to an aromatic ring is 1. The van der Waals surface area contributed by atoms with Gasteiger partial charge in [0.05, 0.1) is 6.10 Å². The van der Waals surface area contributed by atoms with Gasteiger partial charge in [-0.05, 0) is 19.3 Å². The number of hydrogen-bond acceptors (Lipinski definition) is 5. The monoisotopic (exact) mass is 242 g/mol. The van der Waals surface area contributed by atoms with Gasteiger partial charge in [0, 0.05) is 13.2 Å². The number of aromatic nitrogens is 2. The number of ether oxygens (including phenoxy) is 1. The summed E-state index contributed by atoms with van der Waals surface area (Å²) in [5.41, 5.74) is 5.60. The number of hydrogen-bond donors (Lipinski definition) is 2. The molecular weight excluding hydrogens is 228 g/mol. The van der Waals surface area contributed by atoms with E-state index in [0.29, 0.717) is 28.8 Å². The van der Waals surface area contributed by atoms with E-state index in [9.17, 15) is 0 Å². The standard InChI is InChI=1S/C10H15ClN4O/c1-16-7-3-2-6(4-7)15-10-8(11)9(12)13-5-14-10/h5-7H,2-4H2,1H3,(H3,12,13,14,15)/t6-,7-/m1/s1. The SMILES string of the molecule is CO[C@@H]1CC[C@@H](Nc2ncnc(N)c2Cl)C1. The average molecular weight is 243 g/mol. The lowest BCUT2D eigenvalue weighted by Gasteiger charge is -2.14. The number of anilines is 2. The first-order valence-electron chi connectivity index (χ1n) is 5.26. The van der Waals surface area contributed by atoms with E-state index in [2.05, 4.69) is 15.3 Å². The Hall–Kier alpha value is -1.07. The first kappa shape index (κ1) is 11.4. The quantitative estimate of drug-likeness (QED) is 0.844. The summed E-state index contributed by atoms with van der Waals surface area (Å²) in [6.45, 7) is 0. The van der Waals surface area contributed by atoms with Crippen LogP contribution in [0.5, 0.6) is 0 Å². The van der Waals surface area contributed by atoms with E-state index in [1.807, 2.05) is 0 Å². The lowest BCUT2D eigenvalue weighted by Crippen LogP contribution is -2.18. The molecule has 0 spiro atoms. The molecule has 16 heavy (non-hydrogen) atoms. The van der Waals surface area contributed by atoms with Gasteiger partial charge in [0.15, 0.2) is 5.82 Å². The second kappa shape index (κ2) is 4.84. The molecule has 1 aromatic rings. The van der Waals surface area contributed by atoms with Crippen LogP contribution in [0, 0.1) is 0 Å². The number of rotatable bonds is 3. The van der Waals surface area contributed by atoms with E-state index in [-0.39, 0.29) is 0 Å². The predicted octanol–water partition coefficient (Wildman–Crippen LogP) is 1.69. The summed E-state index contributed by atoms with van der Waals surface area (Å²) < 4.78 is 5.30. The van der Waals surface area contributed by atoms with E-state index in [0.717, 1.165) is 19.3 Å². The minimum absolute atomic E-state index is 0.306. The Bertz CT molecular complexity index is 374. The maximum absolute atomic E-state index is 6.00. The van der Waals surface area contributed by atoms with Gasteiger partial charge in [-0.25, -0.2) is 9.97 Å². The Labute approximate surface area is 99.4 Å². The van der Waals surface area contributed by atoms with Crippen LogP contribution in [0.4, 0.5) is 11.6 Å². The zero-order valence-corrected chi connectivity index (χ0v) is 9.87. The molecule has 6 heteroatoms. The van der Waals surface area contributed by atoms with Crippen molar-refractivity contribution in [3.8, 4) is 0 Å². The van der Waals surface area contributed by atoms with Crippen molar-refractivity contribution in [2.45, 2.75) is 31.4 Å². The molecule has 0 radical (unpaired) electrons. The van der Waals surface area contributed by atoms with Crippen LogP contribution >= 0.6 is 11.6 Å². The fraction of sp³-hybridized carbons (Fsp3) is 0.600. The molecule has 1 aromatic heterocycles. The number of halogens is 1. The molecule has 3 N–H and O–H groups in total. The van der Waals surface area contributed by atoms with Gasteiger partial charge < -0.3 is 15.8 Å². The van der Waals surface area contributed by atoms with E-state index >= 15 is 0 Å². The second-order valence-corrected chi connectivity index (χ2v) is 4.31. The molecule has 2 atom stereocenters. The Kier molecular flexibility index (Phi) is 3.46. The second-order valence-electron chi connectivity index (χ2n) is 3.93. The van der Waals surface area contributed by atoms with Crippen LogP contribution in [0.25, 0.3) is 0 Å². The minimum atomic E-state index is 0.306. The van der Waals surface area contributed by atoms with Gasteiger partial charge in [0.25, 0.3) is 0 Å². The maximum Gasteiger partial charge on any atom is 0.150 e. The summed E-state index contributed by atoms with van der Waals surface area (Å²) >= 11 is 6.00. The molecule has 1 aliphatic rings. The molecule has 5 nitrogen and oxygen atoms in total. The van der Waals surface area contributed by atoms with Crippen LogP contribution < -0.4 is 11.1 Å². The van der Waals surface area contributed by atoms with Gasteiger partial charge in [-0.1, -0.05) is 11.6 Å². The molecule has 2 rings (SSSR count). The average Bonchev–Trinajstić information content (AvgIpc) is 2.73. The van der Waals surface area contributed by atoms with Crippen LogP contribution in [0.3, 0.4) is 0 Å². The fourth-order valence-electron chi connectivity index (χ4n) is 1.96. The molecule has 1 saturated carbocycles. The number of nitrogens with one attached hydrogen (secondary N) is 1. The highest BCUT2D eigenvalue weighted by Gasteiger charge is 2.25. The normalized spacial score (nSPS) is 24.6. The van der Waals surface area contributed by atoms with E-state index in [4.69, 9.17) is 22.1 Å². The summed E-state index contributed by atoms with van der Waals surface area (Å²) in [6, 6.07) is 0.344. The summed E-state index contributed by atoms with van der Waals surface area (Å²) in [5.74, 6) is 0.913. The third-order valence-corrected chi connectivity index (χ3v) is 3.25. The molecule has 1 aliphatic carbocycles. The molecule has 0 saturated heterocycles. The van der Waals surface area contributed by atoms with Gasteiger partial charge in [-0.2, -0.15) is 0 Å². The molecule has 0 amide bonds. The van der Waals surface area contributed by atoms with Gasteiger partial charge in [-0.3, -0.25) is 0 Å². The maximum atomic E-state index is 6.00. The highest BCUT2D eigenvalue weighted by molar-refractivity contribution is 6.35. The van der Waals surface area contributed by atoms with Crippen molar-refractivity contribution >= 4 is 23.2 Å².